The number of aromatic nitrogens is 2. The molecule has 2 rings (SSSR count). The van der Waals surface area contributed by atoms with Gasteiger partial charge in [0.15, 0.2) is 0 Å². The molecule has 0 aromatic carbocycles. The lowest BCUT2D eigenvalue weighted by Crippen LogP contribution is -2.16. The normalized spacial score (nSPS) is 15.4. The number of fused-ring (bicyclic) bond motifs is 1. The number of carbonyl (C=O) groups excluding carboxylic acids is 1. The summed E-state index contributed by atoms with van der Waals surface area (Å²) in [4.78, 5) is 12.0. The van der Waals surface area contributed by atoms with Crippen molar-refractivity contribution in [3.63, 3.8) is 0 Å². The first kappa shape index (κ1) is 5.46. The molecule has 1 aliphatic rings. The first-order valence-corrected chi connectivity index (χ1v) is 3.15. The van der Waals surface area contributed by atoms with Gasteiger partial charge in [-0.1, -0.05) is 0 Å². The molecule has 10 heavy (non-hydrogen) atoms. The summed E-state index contributed by atoms with van der Waals surface area (Å²) in [5.41, 5.74) is 0. The molecule has 1 amide bonds. The van der Waals surface area contributed by atoms with Gasteiger partial charge in [-0.05, 0) is 0 Å². The second kappa shape index (κ2) is 1.83. The standard InChI is InChI=1S/C6H7N3O/c10-5-8-3-4-9-6(8)1-2-7-9/h1-2,5H,3-4H2. The minimum Gasteiger partial charge on any atom is -0.298 e. The van der Waals surface area contributed by atoms with Crippen molar-refractivity contribution in [2.24, 2.45) is 0 Å². The highest BCUT2D eigenvalue weighted by molar-refractivity contribution is 5.73. The lowest BCUT2D eigenvalue weighted by atomic mass is 10.6. The Morgan fingerprint density at radius 2 is 2.50 bits per heavy atom. The van der Waals surface area contributed by atoms with Gasteiger partial charge in [-0.15, -0.1) is 0 Å². The van der Waals surface area contributed by atoms with E-state index in [1.165, 1.54) is 0 Å². The number of hydrogen-bond donors (Lipinski definition) is 0. The van der Waals surface area contributed by atoms with Gasteiger partial charge in [0.25, 0.3) is 0 Å². The van der Waals surface area contributed by atoms with E-state index < -0.39 is 0 Å². The Balaban J connectivity index is 2.43. The average molecular weight is 137 g/mol. The van der Waals surface area contributed by atoms with Crippen molar-refractivity contribution in [2.75, 3.05) is 11.4 Å². The monoisotopic (exact) mass is 137 g/mol. The zero-order valence-electron chi connectivity index (χ0n) is 5.40. The van der Waals surface area contributed by atoms with Crippen LogP contribution in [0.1, 0.15) is 0 Å². The van der Waals surface area contributed by atoms with Crippen LogP contribution >= 0.6 is 0 Å². The molecule has 0 radical (unpaired) electrons. The van der Waals surface area contributed by atoms with Gasteiger partial charge >= 0.3 is 0 Å². The van der Waals surface area contributed by atoms with Gasteiger partial charge in [-0.2, -0.15) is 5.10 Å². The van der Waals surface area contributed by atoms with Crippen molar-refractivity contribution in [1.82, 2.24) is 9.78 Å². The van der Waals surface area contributed by atoms with Gasteiger partial charge in [0.1, 0.15) is 5.82 Å². The molecule has 1 aromatic heterocycles. The van der Waals surface area contributed by atoms with Crippen LogP contribution in [0, 0.1) is 0 Å². The van der Waals surface area contributed by atoms with E-state index in [0.29, 0.717) is 0 Å². The van der Waals surface area contributed by atoms with E-state index in [1.54, 1.807) is 11.1 Å². The Morgan fingerprint density at radius 1 is 1.60 bits per heavy atom. The maximum atomic E-state index is 10.4. The Kier molecular flexibility index (Phi) is 1.00. The summed E-state index contributed by atoms with van der Waals surface area (Å²) in [6.45, 7) is 1.58. The van der Waals surface area contributed by atoms with Crippen molar-refractivity contribution in [2.45, 2.75) is 6.54 Å². The lowest BCUT2D eigenvalue weighted by Gasteiger charge is -2.03. The predicted octanol–water partition coefficient (Wildman–Crippen LogP) is -0.141. The summed E-state index contributed by atoms with van der Waals surface area (Å²) >= 11 is 0. The highest BCUT2D eigenvalue weighted by Crippen LogP contribution is 2.16. The van der Waals surface area contributed by atoms with Crippen LogP contribution in [0.5, 0.6) is 0 Å². The molecule has 0 saturated heterocycles. The number of nitrogens with zero attached hydrogens (tertiary/aromatic N) is 3. The van der Waals surface area contributed by atoms with Crippen LogP contribution in [-0.2, 0) is 11.3 Å². The van der Waals surface area contributed by atoms with E-state index in [1.807, 2.05) is 10.7 Å². The summed E-state index contributed by atoms with van der Waals surface area (Å²) < 4.78 is 1.81. The first-order valence-electron chi connectivity index (χ1n) is 3.15. The second-order valence-corrected chi connectivity index (χ2v) is 2.21. The van der Waals surface area contributed by atoms with Crippen molar-refractivity contribution < 1.29 is 4.79 Å². The topological polar surface area (TPSA) is 38.1 Å². The van der Waals surface area contributed by atoms with E-state index in [0.717, 1.165) is 25.3 Å². The first-order chi connectivity index (χ1) is 4.92. The van der Waals surface area contributed by atoms with Crippen molar-refractivity contribution in [3.8, 4) is 0 Å². The van der Waals surface area contributed by atoms with Crippen LogP contribution in [0.15, 0.2) is 12.3 Å². The molecule has 1 aliphatic heterocycles. The molecule has 2 heterocycles. The third-order valence-electron chi connectivity index (χ3n) is 1.67. The summed E-state index contributed by atoms with van der Waals surface area (Å²) in [6.07, 6.45) is 2.53. The van der Waals surface area contributed by atoms with E-state index in [-0.39, 0.29) is 0 Å². The lowest BCUT2D eigenvalue weighted by molar-refractivity contribution is -0.107. The van der Waals surface area contributed by atoms with E-state index in [9.17, 15) is 4.79 Å². The summed E-state index contributed by atoms with van der Waals surface area (Å²) in [7, 11) is 0. The molecule has 4 nitrogen and oxygen atoms in total. The van der Waals surface area contributed by atoms with Gasteiger partial charge < -0.3 is 0 Å². The third kappa shape index (κ3) is 0.556. The number of carbonyl (C=O) groups is 1. The van der Waals surface area contributed by atoms with Crippen LogP contribution in [0.3, 0.4) is 0 Å². The van der Waals surface area contributed by atoms with E-state index in [2.05, 4.69) is 5.10 Å². The predicted molar refractivity (Wildman–Crippen MR) is 35.6 cm³/mol. The fraction of sp³-hybridized carbons (Fsp3) is 0.333. The fourth-order valence-electron chi connectivity index (χ4n) is 1.17. The van der Waals surface area contributed by atoms with Crippen molar-refractivity contribution in [3.05, 3.63) is 12.3 Å². The van der Waals surface area contributed by atoms with Crippen LogP contribution < -0.4 is 4.90 Å². The molecule has 52 valence electrons. The summed E-state index contributed by atoms with van der Waals surface area (Å²) in [5, 5.41) is 4.01. The van der Waals surface area contributed by atoms with Gasteiger partial charge in [-0.3, -0.25) is 9.69 Å². The van der Waals surface area contributed by atoms with Gasteiger partial charge in [-0.25, -0.2) is 4.68 Å². The molecular weight excluding hydrogens is 130 g/mol. The Hall–Kier alpha value is -1.32. The molecule has 0 atom stereocenters. The molecule has 0 fully saturated rings. The molecule has 0 unspecified atom stereocenters. The molecule has 0 spiro atoms. The molecule has 0 bridgehead atoms. The number of hydrogen-bond acceptors (Lipinski definition) is 2. The second-order valence-electron chi connectivity index (χ2n) is 2.21. The van der Waals surface area contributed by atoms with Gasteiger partial charge in [0, 0.05) is 12.6 Å². The highest BCUT2D eigenvalue weighted by Gasteiger charge is 2.17. The summed E-state index contributed by atoms with van der Waals surface area (Å²) in [5.74, 6) is 0.898. The van der Waals surface area contributed by atoms with Gasteiger partial charge in [0.05, 0.1) is 12.7 Å². The van der Waals surface area contributed by atoms with E-state index in [4.69, 9.17) is 0 Å². The Labute approximate surface area is 58.0 Å². The Bertz CT molecular complexity index is 255. The quantitative estimate of drug-likeness (QED) is 0.505. The largest absolute Gasteiger partial charge is 0.298 e. The maximum absolute atomic E-state index is 10.4. The smallest absolute Gasteiger partial charge is 0.215 e. The highest BCUT2D eigenvalue weighted by atomic mass is 16.1. The molecule has 0 saturated carbocycles. The van der Waals surface area contributed by atoms with Gasteiger partial charge in [0.2, 0.25) is 6.41 Å². The maximum Gasteiger partial charge on any atom is 0.215 e. The zero-order chi connectivity index (χ0) is 6.97. The number of anilines is 1. The van der Waals surface area contributed by atoms with Crippen LogP contribution in [0.4, 0.5) is 5.82 Å². The van der Waals surface area contributed by atoms with E-state index >= 15 is 0 Å². The molecule has 0 aliphatic carbocycles. The molecule has 1 aromatic rings. The minimum atomic E-state index is 0.757. The number of rotatable bonds is 1. The van der Waals surface area contributed by atoms with Crippen LogP contribution in [0.2, 0.25) is 0 Å². The third-order valence-corrected chi connectivity index (χ3v) is 1.67. The Morgan fingerprint density at radius 3 is 3.30 bits per heavy atom. The zero-order valence-corrected chi connectivity index (χ0v) is 5.40. The number of amides is 1. The fourth-order valence-corrected chi connectivity index (χ4v) is 1.17. The SMILES string of the molecule is O=CN1CCn2nccc21. The molecule has 0 N–H and O–H groups in total. The van der Waals surface area contributed by atoms with Crippen molar-refractivity contribution in [1.29, 1.82) is 0 Å². The van der Waals surface area contributed by atoms with Crippen LogP contribution in [-0.4, -0.2) is 22.7 Å². The van der Waals surface area contributed by atoms with Crippen molar-refractivity contribution >= 4 is 12.2 Å². The minimum absolute atomic E-state index is 0.757. The molecular formula is C6H7N3O. The average Bonchev–Trinajstić information content (AvgIpc) is 2.44. The molecule has 4 heteroatoms. The van der Waals surface area contributed by atoms with Crippen LogP contribution in [0.25, 0.3) is 0 Å². The summed E-state index contributed by atoms with van der Waals surface area (Å²) in [6, 6.07) is 1.83.